The Hall–Kier alpha value is -1.97. The lowest BCUT2D eigenvalue weighted by Gasteiger charge is -2.07. The third-order valence-corrected chi connectivity index (χ3v) is 3.01. The molecule has 1 N–H and O–H groups in total. The van der Waals surface area contributed by atoms with Crippen LogP contribution in [0.3, 0.4) is 0 Å². The highest BCUT2D eigenvalue weighted by atomic mass is 127. The van der Waals surface area contributed by atoms with E-state index in [4.69, 9.17) is 4.74 Å². The van der Waals surface area contributed by atoms with E-state index in [2.05, 4.69) is 37.9 Å². The SMILES string of the molecule is CCNc1ncc([N+](=O)[O-])c(Oc2ccc(I)cc2)n1. The third kappa shape index (κ3) is 3.53. The van der Waals surface area contributed by atoms with Crippen LogP contribution in [0.15, 0.2) is 30.5 Å². The number of nitrogens with one attached hydrogen (secondary N) is 1. The Balaban J connectivity index is 2.34. The number of ether oxygens (including phenoxy) is 1. The molecule has 7 nitrogen and oxygen atoms in total. The maximum atomic E-state index is 11.0. The van der Waals surface area contributed by atoms with Gasteiger partial charge >= 0.3 is 11.6 Å². The zero-order chi connectivity index (χ0) is 14.5. The van der Waals surface area contributed by atoms with Crippen molar-refractivity contribution in [3.8, 4) is 11.6 Å². The van der Waals surface area contributed by atoms with Crippen molar-refractivity contribution in [3.05, 3.63) is 44.1 Å². The monoisotopic (exact) mass is 386 g/mol. The summed E-state index contributed by atoms with van der Waals surface area (Å²) in [6.45, 7) is 2.49. The fraction of sp³-hybridized carbons (Fsp3) is 0.167. The third-order valence-electron chi connectivity index (χ3n) is 2.30. The molecule has 0 spiro atoms. The van der Waals surface area contributed by atoms with Crippen LogP contribution in [-0.4, -0.2) is 21.4 Å². The van der Waals surface area contributed by atoms with Gasteiger partial charge in [0.1, 0.15) is 11.9 Å². The molecule has 0 saturated carbocycles. The largest absolute Gasteiger partial charge is 0.434 e. The topological polar surface area (TPSA) is 90.2 Å². The second-order valence-electron chi connectivity index (χ2n) is 3.73. The molecule has 2 rings (SSSR count). The number of benzene rings is 1. The average molecular weight is 386 g/mol. The van der Waals surface area contributed by atoms with Gasteiger partial charge in [-0.3, -0.25) is 10.1 Å². The van der Waals surface area contributed by atoms with E-state index in [9.17, 15) is 10.1 Å². The van der Waals surface area contributed by atoms with Crippen LogP contribution >= 0.6 is 22.6 Å². The molecule has 0 unspecified atom stereocenters. The standard InChI is InChI=1S/C12H11IN4O3/c1-2-14-12-15-7-10(17(18)19)11(16-12)20-9-5-3-8(13)4-6-9/h3-7H,2H2,1H3,(H,14,15,16). The molecule has 0 saturated heterocycles. The van der Waals surface area contributed by atoms with E-state index < -0.39 is 4.92 Å². The number of nitro groups is 1. The van der Waals surface area contributed by atoms with Crippen molar-refractivity contribution < 1.29 is 9.66 Å². The van der Waals surface area contributed by atoms with Gasteiger partial charge in [0.15, 0.2) is 0 Å². The van der Waals surface area contributed by atoms with Crippen LogP contribution in [0.4, 0.5) is 11.6 Å². The summed E-state index contributed by atoms with van der Waals surface area (Å²) in [4.78, 5) is 18.3. The van der Waals surface area contributed by atoms with E-state index in [1.165, 1.54) is 0 Å². The summed E-state index contributed by atoms with van der Waals surface area (Å²) in [5.74, 6) is 0.690. The molecule has 0 aliphatic carbocycles. The fourth-order valence-corrected chi connectivity index (χ4v) is 1.78. The number of nitrogens with zero attached hydrogens (tertiary/aromatic N) is 3. The first-order valence-corrected chi connectivity index (χ1v) is 6.86. The molecule has 1 heterocycles. The second-order valence-corrected chi connectivity index (χ2v) is 4.97. The van der Waals surface area contributed by atoms with Crippen LogP contribution in [0, 0.1) is 13.7 Å². The van der Waals surface area contributed by atoms with Crippen LogP contribution < -0.4 is 10.1 Å². The summed E-state index contributed by atoms with van der Waals surface area (Å²) < 4.78 is 6.52. The molecule has 0 aliphatic rings. The lowest BCUT2D eigenvalue weighted by molar-refractivity contribution is -0.386. The molecule has 0 radical (unpaired) electrons. The molecular weight excluding hydrogens is 375 g/mol. The smallest absolute Gasteiger partial charge is 0.349 e. The molecule has 0 fully saturated rings. The van der Waals surface area contributed by atoms with Gasteiger partial charge < -0.3 is 10.1 Å². The highest BCUT2D eigenvalue weighted by molar-refractivity contribution is 14.1. The van der Waals surface area contributed by atoms with Crippen molar-refractivity contribution in [2.24, 2.45) is 0 Å². The average Bonchev–Trinajstić information content (AvgIpc) is 2.42. The highest BCUT2D eigenvalue weighted by Crippen LogP contribution is 2.29. The molecule has 104 valence electrons. The predicted octanol–water partition coefficient (Wildman–Crippen LogP) is 3.21. The Morgan fingerprint density at radius 2 is 2.10 bits per heavy atom. The first kappa shape index (κ1) is 14.4. The van der Waals surface area contributed by atoms with E-state index in [1.54, 1.807) is 12.1 Å². The van der Waals surface area contributed by atoms with Gasteiger partial charge in [-0.05, 0) is 53.8 Å². The summed E-state index contributed by atoms with van der Waals surface area (Å²) in [6.07, 6.45) is 1.13. The summed E-state index contributed by atoms with van der Waals surface area (Å²) in [6, 6.07) is 7.13. The van der Waals surface area contributed by atoms with E-state index in [0.717, 1.165) is 9.77 Å². The van der Waals surface area contributed by atoms with Crippen molar-refractivity contribution in [2.75, 3.05) is 11.9 Å². The summed E-state index contributed by atoms with van der Waals surface area (Å²) in [5.41, 5.74) is -0.273. The number of hydrogen-bond donors (Lipinski definition) is 1. The van der Waals surface area contributed by atoms with Crippen molar-refractivity contribution in [1.29, 1.82) is 0 Å². The van der Waals surface area contributed by atoms with Gasteiger partial charge in [0.2, 0.25) is 5.95 Å². The lowest BCUT2D eigenvalue weighted by atomic mass is 10.3. The minimum Gasteiger partial charge on any atom is -0.434 e. The molecule has 8 heteroatoms. The van der Waals surface area contributed by atoms with Gasteiger partial charge in [0, 0.05) is 10.1 Å². The first-order chi connectivity index (χ1) is 9.60. The molecule has 1 aromatic heterocycles. The predicted molar refractivity (Wildman–Crippen MR) is 82.1 cm³/mol. The zero-order valence-corrected chi connectivity index (χ0v) is 12.7. The zero-order valence-electron chi connectivity index (χ0n) is 10.5. The Morgan fingerprint density at radius 3 is 2.70 bits per heavy atom. The van der Waals surface area contributed by atoms with Gasteiger partial charge in [0.05, 0.1) is 4.92 Å². The van der Waals surface area contributed by atoms with Crippen LogP contribution in [-0.2, 0) is 0 Å². The number of rotatable bonds is 5. The molecule has 2 aromatic rings. The second kappa shape index (κ2) is 6.46. The summed E-state index contributed by atoms with van der Waals surface area (Å²) >= 11 is 2.16. The lowest BCUT2D eigenvalue weighted by Crippen LogP contribution is -2.05. The highest BCUT2D eigenvalue weighted by Gasteiger charge is 2.19. The molecule has 0 aliphatic heterocycles. The van der Waals surface area contributed by atoms with Crippen molar-refractivity contribution >= 4 is 34.2 Å². The minimum atomic E-state index is -0.572. The maximum Gasteiger partial charge on any atom is 0.349 e. The number of aromatic nitrogens is 2. The van der Waals surface area contributed by atoms with Gasteiger partial charge in [-0.25, -0.2) is 4.98 Å². The Labute approximate surface area is 128 Å². The minimum absolute atomic E-state index is 0.0813. The van der Waals surface area contributed by atoms with Gasteiger partial charge in [-0.15, -0.1) is 0 Å². The Bertz CT molecular complexity index is 619. The number of anilines is 1. The van der Waals surface area contributed by atoms with Gasteiger partial charge in [0.25, 0.3) is 0 Å². The molecule has 20 heavy (non-hydrogen) atoms. The van der Waals surface area contributed by atoms with Crippen molar-refractivity contribution in [2.45, 2.75) is 6.92 Å². The van der Waals surface area contributed by atoms with Crippen molar-refractivity contribution in [3.63, 3.8) is 0 Å². The number of hydrogen-bond acceptors (Lipinski definition) is 6. The van der Waals surface area contributed by atoms with Crippen LogP contribution in [0.1, 0.15) is 6.92 Å². The van der Waals surface area contributed by atoms with E-state index >= 15 is 0 Å². The molecule has 1 aromatic carbocycles. The van der Waals surface area contributed by atoms with Crippen LogP contribution in [0.25, 0.3) is 0 Å². The fourth-order valence-electron chi connectivity index (χ4n) is 1.42. The summed E-state index contributed by atoms with van der Waals surface area (Å²) in [5, 5.41) is 13.8. The molecular formula is C12H11IN4O3. The van der Waals surface area contributed by atoms with Crippen molar-refractivity contribution in [1.82, 2.24) is 9.97 Å². The van der Waals surface area contributed by atoms with Crippen LogP contribution in [0.2, 0.25) is 0 Å². The Morgan fingerprint density at radius 1 is 1.40 bits per heavy atom. The van der Waals surface area contributed by atoms with Gasteiger partial charge in [-0.2, -0.15) is 4.98 Å². The van der Waals surface area contributed by atoms with E-state index in [0.29, 0.717) is 18.2 Å². The van der Waals surface area contributed by atoms with E-state index in [1.807, 2.05) is 19.1 Å². The maximum absolute atomic E-state index is 11.0. The van der Waals surface area contributed by atoms with Crippen LogP contribution in [0.5, 0.6) is 11.6 Å². The van der Waals surface area contributed by atoms with E-state index in [-0.39, 0.29) is 11.6 Å². The number of halogens is 1. The Kier molecular flexibility index (Phi) is 4.66. The molecule has 0 amide bonds. The summed E-state index contributed by atoms with van der Waals surface area (Å²) in [7, 11) is 0. The van der Waals surface area contributed by atoms with Gasteiger partial charge in [-0.1, -0.05) is 0 Å². The normalized spacial score (nSPS) is 10.1. The molecule has 0 bridgehead atoms. The first-order valence-electron chi connectivity index (χ1n) is 5.79. The molecule has 0 atom stereocenters. The quantitative estimate of drug-likeness (QED) is 0.482.